The number of rotatable bonds is 3. The zero-order valence-corrected chi connectivity index (χ0v) is 13.7. The molecule has 2 saturated heterocycles. The summed E-state index contributed by atoms with van der Waals surface area (Å²) in [6.45, 7) is 4.83. The van der Waals surface area contributed by atoms with Gasteiger partial charge in [0.1, 0.15) is 0 Å². The van der Waals surface area contributed by atoms with E-state index < -0.39 is 0 Å². The summed E-state index contributed by atoms with van der Waals surface area (Å²) < 4.78 is 0. The van der Waals surface area contributed by atoms with E-state index in [4.69, 9.17) is 11.6 Å². The number of nitrogens with one attached hydrogen (secondary N) is 1. The van der Waals surface area contributed by atoms with Gasteiger partial charge in [-0.25, -0.2) is 0 Å². The molecule has 0 bridgehead atoms. The lowest BCUT2D eigenvalue weighted by Crippen LogP contribution is -2.46. The number of piperidine rings is 2. The van der Waals surface area contributed by atoms with Crippen LogP contribution in [0.4, 0.5) is 11.4 Å². The van der Waals surface area contributed by atoms with Crippen LogP contribution < -0.4 is 10.2 Å². The Morgan fingerprint density at radius 3 is 2.43 bits per heavy atom. The first-order valence-corrected chi connectivity index (χ1v) is 8.62. The summed E-state index contributed by atoms with van der Waals surface area (Å²) in [6.07, 6.45) is 6.70. The minimum Gasteiger partial charge on any atom is -0.386 e. The van der Waals surface area contributed by atoms with Crippen molar-refractivity contribution in [1.29, 1.82) is 0 Å². The van der Waals surface area contributed by atoms with Crippen LogP contribution in [0.2, 0.25) is 5.02 Å². The molecule has 0 aromatic heterocycles. The number of nitrogens with zero attached hydrogens (tertiary/aromatic N) is 2. The second kappa shape index (κ2) is 6.89. The molecule has 0 aliphatic carbocycles. The van der Waals surface area contributed by atoms with Crippen LogP contribution in [0, 0.1) is 0 Å². The fourth-order valence-corrected chi connectivity index (χ4v) is 4.07. The van der Waals surface area contributed by atoms with Gasteiger partial charge in [0.2, 0.25) is 0 Å². The minimum atomic E-state index is 0.780. The zero-order chi connectivity index (χ0) is 14.7. The van der Waals surface area contributed by atoms with Gasteiger partial charge >= 0.3 is 0 Å². The molecule has 0 atom stereocenters. The number of hydrogen-bond donors (Lipinski definition) is 1. The predicted molar refractivity (Wildman–Crippen MR) is 91.7 cm³/mol. The molecule has 0 amide bonds. The molecule has 4 heteroatoms. The predicted octanol–water partition coefficient (Wildman–Crippen LogP) is 3.84. The van der Waals surface area contributed by atoms with Gasteiger partial charge < -0.3 is 15.1 Å². The van der Waals surface area contributed by atoms with E-state index in [2.05, 4.69) is 21.2 Å². The van der Waals surface area contributed by atoms with Crippen LogP contribution in [0.15, 0.2) is 18.2 Å². The summed E-state index contributed by atoms with van der Waals surface area (Å²) >= 11 is 6.43. The molecular weight excluding hydrogens is 282 g/mol. The Labute approximate surface area is 133 Å². The Bertz CT molecular complexity index is 463. The quantitative estimate of drug-likeness (QED) is 0.915. The lowest BCUT2D eigenvalue weighted by molar-refractivity contribution is 0.141. The maximum Gasteiger partial charge on any atom is 0.0791 e. The molecule has 2 heterocycles. The van der Waals surface area contributed by atoms with Crippen molar-refractivity contribution in [3.8, 4) is 0 Å². The van der Waals surface area contributed by atoms with E-state index in [9.17, 15) is 0 Å². The van der Waals surface area contributed by atoms with Crippen molar-refractivity contribution in [1.82, 2.24) is 4.90 Å². The van der Waals surface area contributed by atoms with Gasteiger partial charge in [-0.2, -0.15) is 0 Å². The molecule has 116 valence electrons. The third-order valence-electron chi connectivity index (χ3n) is 4.94. The van der Waals surface area contributed by atoms with Crippen LogP contribution in [-0.4, -0.2) is 44.2 Å². The van der Waals surface area contributed by atoms with Gasteiger partial charge in [-0.05, 0) is 50.9 Å². The lowest BCUT2D eigenvalue weighted by Gasteiger charge is -2.41. The van der Waals surface area contributed by atoms with Crippen LogP contribution in [-0.2, 0) is 0 Å². The number of likely N-dealkylation sites (tertiary alicyclic amines) is 1. The highest BCUT2D eigenvalue weighted by molar-refractivity contribution is 6.34. The van der Waals surface area contributed by atoms with Gasteiger partial charge in [0.05, 0.1) is 16.4 Å². The average molecular weight is 308 g/mol. The Kier molecular flexibility index (Phi) is 4.91. The van der Waals surface area contributed by atoms with Gasteiger partial charge in [-0.15, -0.1) is 0 Å². The SMILES string of the molecule is CNc1cccc(Cl)c1N1CCC(N2CCCCC2)CC1. The Balaban J connectivity index is 1.65. The summed E-state index contributed by atoms with van der Waals surface area (Å²) in [5.41, 5.74) is 2.32. The van der Waals surface area contributed by atoms with Gasteiger partial charge in [0.15, 0.2) is 0 Å². The van der Waals surface area contributed by atoms with Crippen molar-refractivity contribution in [2.24, 2.45) is 0 Å². The van der Waals surface area contributed by atoms with Crippen molar-refractivity contribution in [2.45, 2.75) is 38.1 Å². The van der Waals surface area contributed by atoms with Crippen molar-refractivity contribution < 1.29 is 0 Å². The molecule has 0 radical (unpaired) electrons. The van der Waals surface area contributed by atoms with Crippen LogP contribution in [0.1, 0.15) is 32.1 Å². The highest BCUT2D eigenvalue weighted by atomic mass is 35.5. The number of para-hydroxylation sites is 1. The Hall–Kier alpha value is -0.930. The Morgan fingerprint density at radius 1 is 1.05 bits per heavy atom. The van der Waals surface area contributed by atoms with Crippen LogP contribution >= 0.6 is 11.6 Å². The monoisotopic (exact) mass is 307 g/mol. The highest BCUT2D eigenvalue weighted by Gasteiger charge is 2.27. The first-order chi connectivity index (χ1) is 10.3. The maximum atomic E-state index is 6.43. The largest absolute Gasteiger partial charge is 0.386 e. The third-order valence-corrected chi connectivity index (χ3v) is 5.25. The molecule has 1 aromatic rings. The van der Waals surface area contributed by atoms with Crippen LogP contribution in [0.3, 0.4) is 0 Å². The summed E-state index contributed by atoms with van der Waals surface area (Å²) in [4.78, 5) is 5.17. The van der Waals surface area contributed by atoms with Crippen molar-refractivity contribution >= 4 is 23.0 Å². The molecule has 21 heavy (non-hydrogen) atoms. The number of halogens is 1. The Morgan fingerprint density at radius 2 is 1.76 bits per heavy atom. The summed E-state index contributed by atoms with van der Waals surface area (Å²) in [7, 11) is 1.97. The number of anilines is 2. The smallest absolute Gasteiger partial charge is 0.0791 e. The van der Waals surface area contributed by atoms with Crippen molar-refractivity contribution in [2.75, 3.05) is 43.4 Å². The topological polar surface area (TPSA) is 18.5 Å². The average Bonchev–Trinajstić information content (AvgIpc) is 2.55. The number of benzene rings is 1. The first-order valence-electron chi connectivity index (χ1n) is 8.25. The molecule has 2 aliphatic heterocycles. The second-order valence-electron chi connectivity index (χ2n) is 6.20. The first kappa shape index (κ1) is 15.0. The van der Waals surface area contributed by atoms with E-state index in [1.807, 2.05) is 19.2 Å². The normalized spacial score (nSPS) is 21.5. The molecular formula is C17H26ClN3. The molecule has 2 fully saturated rings. The molecule has 3 nitrogen and oxygen atoms in total. The van der Waals surface area contributed by atoms with E-state index in [0.717, 1.165) is 29.8 Å². The van der Waals surface area contributed by atoms with Gasteiger partial charge in [0, 0.05) is 26.2 Å². The summed E-state index contributed by atoms with van der Waals surface area (Å²) in [5, 5.41) is 4.13. The summed E-state index contributed by atoms with van der Waals surface area (Å²) in [6, 6.07) is 6.90. The highest BCUT2D eigenvalue weighted by Crippen LogP contribution is 2.36. The van der Waals surface area contributed by atoms with Gasteiger partial charge in [-0.3, -0.25) is 0 Å². The second-order valence-corrected chi connectivity index (χ2v) is 6.61. The van der Waals surface area contributed by atoms with E-state index in [-0.39, 0.29) is 0 Å². The maximum absolute atomic E-state index is 6.43. The standard InChI is InChI=1S/C17H26ClN3/c1-19-16-7-5-6-15(18)17(16)21-12-8-14(9-13-21)20-10-3-2-4-11-20/h5-7,14,19H,2-4,8-13H2,1H3. The molecule has 2 aliphatic rings. The molecule has 3 rings (SSSR count). The van der Waals surface area contributed by atoms with Crippen molar-refractivity contribution in [3.63, 3.8) is 0 Å². The van der Waals surface area contributed by atoms with Gasteiger partial charge in [-0.1, -0.05) is 24.1 Å². The van der Waals surface area contributed by atoms with E-state index in [1.165, 1.54) is 50.9 Å². The molecule has 1 N–H and O–H groups in total. The van der Waals surface area contributed by atoms with Crippen LogP contribution in [0.5, 0.6) is 0 Å². The fourth-order valence-electron chi connectivity index (χ4n) is 3.78. The third kappa shape index (κ3) is 3.29. The van der Waals surface area contributed by atoms with Crippen LogP contribution in [0.25, 0.3) is 0 Å². The molecule has 0 unspecified atom stereocenters. The molecule has 1 aromatic carbocycles. The lowest BCUT2D eigenvalue weighted by atomic mass is 9.99. The summed E-state index contributed by atoms with van der Waals surface area (Å²) in [5.74, 6) is 0. The van der Waals surface area contributed by atoms with E-state index in [1.54, 1.807) is 0 Å². The van der Waals surface area contributed by atoms with Crippen molar-refractivity contribution in [3.05, 3.63) is 23.2 Å². The zero-order valence-electron chi connectivity index (χ0n) is 12.9. The van der Waals surface area contributed by atoms with E-state index in [0.29, 0.717) is 0 Å². The number of hydrogen-bond acceptors (Lipinski definition) is 3. The molecule has 0 saturated carbocycles. The molecule has 0 spiro atoms. The van der Waals surface area contributed by atoms with E-state index >= 15 is 0 Å². The minimum absolute atomic E-state index is 0.780. The fraction of sp³-hybridized carbons (Fsp3) is 0.647. The van der Waals surface area contributed by atoms with Gasteiger partial charge in [0.25, 0.3) is 0 Å².